The lowest BCUT2D eigenvalue weighted by Crippen LogP contribution is -1.99. The highest BCUT2D eigenvalue weighted by Gasteiger charge is 2.02. The van der Waals surface area contributed by atoms with Crippen molar-refractivity contribution in [3.05, 3.63) is 41.0 Å². The molecule has 2 rings (SSSR count). The van der Waals surface area contributed by atoms with Gasteiger partial charge in [-0.25, -0.2) is 0 Å². The molecule has 0 aliphatic rings. The van der Waals surface area contributed by atoms with Crippen molar-refractivity contribution in [3.8, 4) is 0 Å². The molecule has 0 amide bonds. The number of nitrogens with zero attached hydrogens (tertiary/aromatic N) is 1. The number of rotatable bonds is 2. The van der Waals surface area contributed by atoms with Crippen LogP contribution in [0.4, 0.5) is 0 Å². The molecule has 1 aromatic carbocycles. The Labute approximate surface area is 91.3 Å². The van der Waals surface area contributed by atoms with Gasteiger partial charge in [0.1, 0.15) is 0 Å². The maximum atomic E-state index is 10.5. The van der Waals surface area contributed by atoms with Gasteiger partial charge in [-0.1, -0.05) is 23.7 Å². The molecule has 3 nitrogen and oxygen atoms in total. The number of hydrogen-bond donors (Lipinski definition) is 1. The van der Waals surface area contributed by atoms with Crippen molar-refractivity contribution < 1.29 is 9.90 Å². The Bertz CT molecular complexity index is 525. The van der Waals surface area contributed by atoms with Crippen molar-refractivity contribution in [3.63, 3.8) is 0 Å². The van der Waals surface area contributed by atoms with Crippen LogP contribution in [0.15, 0.2) is 30.5 Å². The molecule has 1 aromatic heterocycles. The highest BCUT2D eigenvalue weighted by molar-refractivity contribution is 6.31. The van der Waals surface area contributed by atoms with Gasteiger partial charge < -0.3 is 5.11 Å². The topological polar surface area (TPSA) is 50.2 Å². The molecule has 0 unspecified atom stereocenters. The third-order valence-corrected chi connectivity index (χ3v) is 2.28. The second kappa shape index (κ2) is 3.87. The van der Waals surface area contributed by atoms with Crippen LogP contribution in [0.25, 0.3) is 10.9 Å². The smallest absolute Gasteiger partial charge is 0.307 e. The van der Waals surface area contributed by atoms with Crippen LogP contribution < -0.4 is 0 Å². The van der Waals surface area contributed by atoms with Gasteiger partial charge in [0, 0.05) is 11.6 Å². The molecule has 2 aromatic rings. The summed E-state index contributed by atoms with van der Waals surface area (Å²) in [6.45, 7) is 0. The Kier molecular flexibility index (Phi) is 2.56. The number of benzene rings is 1. The van der Waals surface area contributed by atoms with E-state index in [0.717, 1.165) is 16.5 Å². The molecule has 0 saturated heterocycles. The summed E-state index contributed by atoms with van der Waals surface area (Å²) in [5.74, 6) is -0.844. The van der Waals surface area contributed by atoms with Crippen molar-refractivity contribution >= 4 is 28.5 Å². The highest BCUT2D eigenvalue weighted by Crippen LogP contribution is 2.18. The van der Waals surface area contributed by atoms with E-state index in [9.17, 15) is 4.79 Å². The predicted octanol–water partition coefficient (Wildman–Crippen LogP) is 2.52. The van der Waals surface area contributed by atoms with Crippen LogP contribution in [-0.2, 0) is 11.2 Å². The summed E-state index contributed by atoms with van der Waals surface area (Å²) >= 11 is 5.79. The molecule has 0 saturated carbocycles. The van der Waals surface area contributed by atoms with Gasteiger partial charge in [-0.15, -0.1) is 0 Å². The van der Waals surface area contributed by atoms with Crippen LogP contribution in [-0.4, -0.2) is 16.1 Å². The lowest BCUT2D eigenvalue weighted by atomic mass is 10.1. The van der Waals surface area contributed by atoms with Crippen molar-refractivity contribution in [2.24, 2.45) is 0 Å². The number of aromatic nitrogens is 1. The minimum absolute atomic E-state index is 0.0141. The standard InChI is InChI=1S/C11H8ClNO2/c12-9-5-8-2-1-7(4-11(14)15)3-10(8)13-6-9/h1-3,5-6H,4H2,(H,14,15). The minimum Gasteiger partial charge on any atom is -0.481 e. The molecule has 4 heteroatoms. The van der Waals surface area contributed by atoms with Gasteiger partial charge in [-0.05, 0) is 17.7 Å². The summed E-state index contributed by atoms with van der Waals surface area (Å²) in [6.07, 6.45) is 1.56. The fourth-order valence-electron chi connectivity index (χ4n) is 1.42. The maximum absolute atomic E-state index is 10.5. The van der Waals surface area contributed by atoms with Gasteiger partial charge in [-0.2, -0.15) is 0 Å². The highest BCUT2D eigenvalue weighted by atomic mass is 35.5. The number of carboxylic acids is 1. The Morgan fingerprint density at radius 3 is 2.93 bits per heavy atom. The zero-order valence-corrected chi connectivity index (χ0v) is 8.53. The van der Waals surface area contributed by atoms with E-state index < -0.39 is 5.97 Å². The first-order valence-electron chi connectivity index (χ1n) is 4.41. The number of halogens is 1. The summed E-state index contributed by atoms with van der Waals surface area (Å²) in [5.41, 5.74) is 1.50. The van der Waals surface area contributed by atoms with Crippen LogP contribution in [0.2, 0.25) is 5.02 Å². The first kappa shape index (κ1) is 9.93. The van der Waals surface area contributed by atoms with E-state index in [1.54, 1.807) is 24.4 Å². The van der Waals surface area contributed by atoms with Gasteiger partial charge in [0.2, 0.25) is 0 Å². The van der Waals surface area contributed by atoms with Crippen LogP contribution in [0, 0.1) is 0 Å². The molecular weight excluding hydrogens is 214 g/mol. The average Bonchev–Trinajstić information content (AvgIpc) is 2.17. The monoisotopic (exact) mass is 221 g/mol. The summed E-state index contributed by atoms with van der Waals surface area (Å²) < 4.78 is 0. The van der Waals surface area contributed by atoms with E-state index in [1.807, 2.05) is 6.07 Å². The molecule has 0 bridgehead atoms. The third kappa shape index (κ3) is 2.25. The molecule has 0 aliphatic heterocycles. The average molecular weight is 222 g/mol. The molecule has 1 heterocycles. The van der Waals surface area contributed by atoms with E-state index in [2.05, 4.69) is 4.98 Å². The molecule has 0 atom stereocenters. The molecule has 0 radical (unpaired) electrons. The zero-order valence-electron chi connectivity index (χ0n) is 7.77. The fraction of sp³-hybridized carbons (Fsp3) is 0.0909. The van der Waals surface area contributed by atoms with Crippen LogP contribution >= 0.6 is 11.6 Å². The summed E-state index contributed by atoms with van der Waals surface area (Å²) in [6, 6.07) is 7.16. The van der Waals surface area contributed by atoms with E-state index in [-0.39, 0.29) is 6.42 Å². The first-order valence-corrected chi connectivity index (χ1v) is 4.79. The SMILES string of the molecule is O=C(O)Cc1ccc2cc(Cl)cnc2c1. The van der Waals surface area contributed by atoms with Gasteiger partial charge in [0.05, 0.1) is 17.0 Å². The fourth-order valence-corrected chi connectivity index (χ4v) is 1.59. The van der Waals surface area contributed by atoms with Crippen molar-refractivity contribution in [2.75, 3.05) is 0 Å². The number of carboxylic acid groups (broad SMARTS) is 1. The number of hydrogen-bond acceptors (Lipinski definition) is 2. The van der Waals surface area contributed by atoms with Crippen molar-refractivity contribution in [1.29, 1.82) is 0 Å². The second-order valence-corrected chi connectivity index (χ2v) is 3.69. The van der Waals surface area contributed by atoms with Gasteiger partial charge in [0.15, 0.2) is 0 Å². The summed E-state index contributed by atoms with van der Waals surface area (Å²) in [7, 11) is 0. The number of aliphatic carboxylic acids is 1. The molecule has 76 valence electrons. The summed E-state index contributed by atoms with van der Waals surface area (Å²) in [5, 5.41) is 10.1. The molecule has 1 N–H and O–H groups in total. The Hall–Kier alpha value is -1.61. The largest absolute Gasteiger partial charge is 0.481 e. The molecule has 15 heavy (non-hydrogen) atoms. The summed E-state index contributed by atoms with van der Waals surface area (Å²) in [4.78, 5) is 14.6. The van der Waals surface area contributed by atoms with Crippen LogP contribution in [0.1, 0.15) is 5.56 Å². The third-order valence-electron chi connectivity index (χ3n) is 2.07. The van der Waals surface area contributed by atoms with E-state index in [0.29, 0.717) is 5.02 Å². The molecule has 0 spiro atoms. The van der Waals surface area contributed by atoms with Gasteiger partial charge in [-0.3, -0.25) is 9.78 Å². The van der Waals surface area contributed by atoms with Crippen LogP contribution in [0.3, 0.4) is 0 Å². The Morgan fingerprint density at radius 2 is 2.20 bits per heavy atom. The maximum Gasteiger partial charge on any atom is 0.307 e. The number of pyridine rings is 1. The quantitative estimate of drug-likeness (QED) is 0.848. The normalized spacial score (nSPS) is 10.5. The number of carbonyl (C=O) groups is 1. The second-order valence-electron chi connectivity index (χ2n) is 3.25. The van der Waals surface area contributed by atoms with Gasteiger partial charge >= 0.3 is 5.97 Å². The lowest BCUT2D eigenvalue weighted by molar-refractivity contribution is -0.136. The van der Waals surface area contributed by atoms with Gasteiger partial charge in [0.25, 0.3) is 0 Å². The first-order chi connectivity index (χ1) is 7.15. The number of fused-ring (bicyclic) bond motifs is 1. The zero-order chi connectivity index (χ0) is 10.8. The van der Waals surface area contributed by atoms with Crippen molar-refractivity contribution in [2.45, 2.75) is 6.42 Å². The van der Waals surface area contributed by atoms with E-state index in [1.165, 1.54) is 0 Å². The molecule has 0 aliphatic carbocycles. The molecular formula is C11H8ClNO2. The molecule has 0 fully saturated rings. The van der Waals surface area contributed by atoms with E-state index >= 15 is 0 Å². The van der Waals surface area contributed by atoms with Crippen LogP contribution in [0.5, 0.6) is 0 Å². The Morgan fingerprint density at radius 1 is 1.40 bits per heavy atom. The van der Waals surface area contributed by atoms with E-state index in [4.69, 9.17) is 16.7 Å². The predicted molar refractivity (Wildman–Crippen MR) is 58.1 cm³/mol. The van der Waals surface area contributed by atoms with Crippen molar-refractivity contribution in [1.82, 2.24) is 4.98 Å². The lowest BCUT2D eigenvalue weighted by Gasteiger charge is -2.00. The minimum atomic E-state index is -0.844. The Balaban J connectivity index is 2.47.